The normalized spacial score (nSPS) is 12.8. The molecule has 0 spiro atoms. The van der Waals surface area contributed by atoms with Crippen LogP contribution in [0.1, 0.15) is 18.6 Å². The Balaban J connectivity index is 1.78. The first kappa shape index (κ1) is 19.3. The Labute approximate surface area is 169 Å². The van der Waals surface area contributed by atoms with Crippen LogP contribution in [0.3, 0.4) is 0 Å². The fourth-order valence-corrected chi connectivity index (χ4v) is 5.00. The summed E-state index contributed by atoms with van der Waals surface area (Å²) in [5, 5.41) is 11.6. The maximum atomic E-state index is 13.2. The van der Waals surface area contributed by atoms with Crippen LogP contribution in [-0.4, -0.2) is 13.5 Å². The first-order valence-corrected chi connectivity index (χ1v) is 10.7. The van der Waals surface area contributed by atoms with Gasteiger partial charge in [0.25, 0.3) is 0 Å². The third-order valence-corrected chi connectivity index (χ3v) is 6.78. The summed E-state index contributed by atoms with van der Waals surface area (Å²) in [6, 6.07) is 23.4. The molecule has 0 radical (unpaired) electrons. The number of benzene rings is 4. The second kappa shape index (κ2) is 7.43. The zero-order valence-corrected chi connectivity index (χ0v) is 16.5. The summed E-state index contributed by atoms with van der Waals surface area (Å²) in [4.78, 5) is 0.282. The molecule has 4 aromatic carbocycles. The molecule has 1 N–H and O–H groups in total. The number of hydrogen-bond donors (Lipinski definition) is 1. The minimum absolute atomic E-state index is 0.109. The van der Waals surface area contributed by atoms with Crippen LogP contribution in [0.25, 0.3) is 21.9 Å². The topological polar surface area (TPSA) is 54.4 Å². The number of rotatable bonds is 4. The van der Waals surface area contributed by atoms with Crippen molar-refractivity contribution in [2.75, 3.05) is 0 Å². The third kappa shape index (κ3) is 3.67. The molecule has 0 aliphatic heterocycles. The van der Waals surface area contributed by atoms with Crippen molar-refractivity contribution in [1.82, 2.24) is 0 Å². The molecule has 0 aromatic heterocycles. The average Bonchev–Trinajstić information content (AvgIpc) is 2.73. The van der Waals surface area contributed by atoms with Gasteiger partial charge in [0.05, 0.1) is 15.9 Å². The molecule has 4 aromatic rings. The van der Waals surface area contributed by atoms with E-state index in [9.17, 15) is 17.9 Å². The van der Waals surface area contributed by atoms with Gasteiger partial charge in [0.15, 0.2) is 0 Å². The van der Waals surface area contributed by atoms with E-state index in [1.807, 2.05) is 18.2 Å². The van der Waals surface area contributed by atoms with E-state index in [0.717, 1.165) is 21.9 Å². The van der Waals surface area contributed by atoms with E-state index in [1.54, 1.807) is 55.5 Å². The lowest BCUT2D eigenvalue weighted by Gasteiger charge is -2.13. The van der Waals surface area contributed by atoms with Crippen LogP contribution in [0.15, 0.2) is 94.7 Å². The highest BCUT2D eigenvalue weighted by molar-refractivity contribution is 7.91. The molecular weight excluding hydrogens is 387 g/mol. The van der Waals surface area contributed by atoms with Crippen LogP contribution < -0.4 is 0 Å². The molecule has 0 fully saturated rings. The Morgan fingerprint density at radius 2 is 1.41 bits per heavy atom. The van der Waals surface area contributed by atoms with Crippen molar-refractivity contribution in [3.63, 3.8) is 0 Å². The lowest BCUT2D eigenvalue weighted by molar-refractivity contribution is 0.196. The molecule has 4 rings (SSSR count). The SMILES string of the molecule is C[C@H](O)c1ccccc1S(=O)(=O)c1ccc2cc(-c3ccc(F)cc3)ccc2c1. The molecule has 0 saturated carbocycles. The predicted octanol–water partition coefficient (Wildman–Crippen LogP) is 5.53. The molecular formula is C24H19FO3S. The highest BCUT2D eigenvalue weighted by atomic mass is 32.2. The smallest absolute Gasteiger partial charge is 0.206 e. The van der Waals surface area contributed by atoms with Crippen molar-refractivity contribution in [3.05, 3.63) is 96.3 Å². The van der Waals surface area contributed by atoms with Crippen LogP contribution in [0.4, 0.5) is 4.39 Å². The van der Waals surface area contributed by atoms with Crippen molar-refractivity contribution < 1.29 is 17.9 Å². The molecule has 5 heteroatoms. The summed E-state index contributed by atoms with van der Waals surface area (Å²) < 4.78 is 39.5. The summed E-state index contributed by atoms with van der Waals surface area (Å²) in [5.74, 6) is -0.290. The number of sulfone groups is 1. The standard InChI is InChI=1S/C24H19FO3S/c1-16(26)23-4-2-3-5-24(23)29(27,28)22-13-10-19-14-18(6-7-20(19)15-22)17-8-11-21(25)12-9-17/h2-16,26H,1H3/t16-/m0/s1. The molecule has 0 aliphatic rings. The van der Waals surface area contributed by atoms with Gasteiger partial charge in [-0.2, -0.15) is 0 Å². The molecule has 0 amide bonds. The van der Waals surface area contributed by atoms with Crippen molar-refractivity contribution in [3.8, 4) is 11.1 Å². The van der Waals surface area contributed by atoms with Crippen molar-refractivity contribution >= 4 is 20.6 Å². The first-order chi connectivity index (χ1) is 13.9. The van der Waals surface area contributed by atoms with E-state index in [4.69, 9.17) is 0 Å². The third-order valence-electron chi connectivity index (χ3n) is 4.96. The van der Waals surface area contributed by atoms with Gasteiger partial charge in [-0.3, -0.25) is 0 Å². The predicted molar refractivity (Wildman–Crippen MR) is 112 cm³/mol. The van der Waals surface area contributed by atoms with Crippen LogP contribution in [0.5, 0.6) is 0 Å². The minimum Gasteiger partial charge on any atom is -0.389 e. The quantitative estimate of drug-likeness (QED) is 0.485. The fourth-order valence-electron chi connectivity index (χ4n) is 3.41. The molecule has 0 bridgehead atoms. The van der Waals surface area contributed by atoms with Crippen LogP contribution in [0, 0.1) is 5.82 Å². The monoisotopic (exact) mass is 406 g/mol. The van der Waals surface area contributed by atoms with Gasteiger partial charge in [-0.15, -0.1) is 0 Å². The number of aliphatic hydroxyl groups excluding tert-OH is 1. The van der Waals surface area contributed by atoms with E-state index in [-0.39, 0.29) is 15.6 Å². The summed E-state index contributed by atoms with van der Waals surface area (Å²) in [6.07, 6.45) is -0.889. The van der Waals surface area contributed by atoms with E-state index in [1.165, 1.54) is 18.2 Å². The Morgan fingerprint density at radius 3 is 2.14 bits per heavy atom. The van der Waals surface area contributed by atoms with Crippen molar-refractivity contribution in [1.29, 1.82) is 0 Å². The Morgan fingerprint density at radius 1 is 0.793 bits per heavy atom. The molecule has 0 saturated heterocycles. The van der Waals surface area contributed by atoms with E-state index < -0.39 is 15.9 Å². The van der Waals surface area contributed by atoms with Gasteiger partial charge in [-0.1, -0.05) is 48.5 Å². The lowest BCUT2D eigenvalue weighted by atomic mass is 10.0. The molecule has 146 valence electrons. The van der Waals surface area contributed by atoms with Crippen molar-refractivity contribution in [2.45, 2.75) is 22.8 Å². The molecule has 29 heavy (non-hydrogen) atoms. The first-order valence-electron chi connectivity index (χ1n) is 9.18. The van der Waals surface area contributed by atoms with E-state index in [2.05, 4.69) is 0 Å². The van der Waals surface area contributed by atoms with Gasteiger partial charge < -0.3 is 5.11 Å². The van der Waals surface area contributed by atoms with Gasteiger partial charge in [0.1, 0.15) is 5.82 Å². The highest BCUT2D eigenvalue weighted by Gasteiger charge is 2.23. The van der Waals surface area contributed by atoms with Crippen molar-refractivity contribution in [2.24, 2.45) is 0 Å². The molecule has 0 heterocycles. The van der Waals surface area contributed by atoms with Gasteiger partial charge >= 0.3 is 0 Å². The summed E-state index contributed by atoms with van der Waals surface area (Å²) >= 11 is 0. The number of aliphatic hydroxyl groups is 1. The van der Waals surface area contributed by atoms with E-state index >= 15 is 0 Å². The molecule has 3 nitrogen and oxygen atoms in total. The summed E-state index contributed by atoms with van der Waals surface area (Å²) in [5.41, 5.74) is 2.18. The van der Waals surface area contributed by atoms with Crippen LogP contribution in [-0.2, 0) is 9.84 Å². The van der Waals surface area contributed by atoms with Gasteiger partial charge in [-0.25, -0.2) is 12.8 Å². The van der Waals surface area contributed by atoms with Gasteiger partial charge in [0, 0.05) is 0 Å². The maximum Gasteiger partial charge on any atom is 0.206 e. The number of hydrogen-bond acceptors (Lipinski definition) is 3. The van der Waals surface area contributed by atoms with Gasteiger partial charge in [0.2, 0.25) is 9.84 Å². The summed E-state index contributed by atoms with van der Waals surface area (Å²) in [6.45, 7) is 1.55. The Bertz CT molecular complexity index is 1290. The van der Waals surface area contributed by atoms with Gasteiger partial charge in [-0.05, 0) is 70.8 Å². The van der Waals surface area contributed by atoms with Crippen LogP contribution >= 0.6 is 0 Å². The second-order valence-corrected chi connectivity index (χ2v) is 8.87. The maximum absolute atomic E-state index is 13.2. The molecule has 0 unspecified atom stereocenters. The molecule has 1 atom stereocenters. The molecule has 0 aliphatic carbocycles. The van der Waals surface area contributed by atoms with E-state index in [0.29, 0.717) is 5.56 Å². The largest absolute Gasteiger partial charge is 0.389 e. The zero-order chi connectivity index (χ0) is 20.6. The Hall–Kier alpha value is -3.02. The average molecular weight is 406 g/mol. The summed E-state index contributed by atoms with van der Waals surface area (Å²) in [7, 11) is -3.77. The lowest BCUT2D eigenvalue weighted by Crippen LogP contribution is -2.07. The highest BCUT2D eigenvalue weighted by Crippen LogP contribution is 2.31. The number of fused-ring (bicyclic) bond motifs is 1. The minimum atomic E-state index is -3.77. The zero-order valence-electron chi connectivity index (χ0n) is 15.7. The second-order valence-electron chi connectivity index (χ2n) is 6.95. The number of halogens is 1. The Kier molecular flexibility index (Phi) is 4.94. The fraction of sp³-hybridized carbons (Fsp3) is 0.0833. The van der Waals surface area contributed by atoms with Crippen LogP contribution in [0.2, 0.25) is 0 Å².